The minimum absolute atomic E-state index is 0.152. The Morgan fingerprint density at radius 1 is 1.27 bits per heavy atom. The number of benzene rings is 1. The van der Waals surface area contributed by atoms with Gasteiger partial charge in [-0.3, -0.25) is 4.79 Å². The van der Waals surface area contributed by atoms with Crippen molar-refractivity contribution in [1.82, 2.24) is 4.90 Å². The van der Waals surface area contributed by atoms with E-state index >= 15 is 0 Å². The number of hydrogen-bond acceptors (Lipinski definition) is 4. The monoisotopic (exact) mass is 374 g/mol. The number of carbonyl (C=O) groups excluding carboxylic acids is 2. The standard InChI is InChI=1S/C20H23ClN2O3/c1-2-23(18-6-4-3-5-7-18)19(24)14-26-20(25)16(13-22)12-15-8-10-17(21)11-9-15/h8-12,18H,2-7,14H2,1H3/b16-12-. The molecule has 0 saturated heterocycles. The van der Waals surface area contributed by atoms with Gasteiger partial charge in [0, 0.05) is 17.6 Å². The zero-order valence-corrected chi connectivity index (χ0v) is 15.7. The van der Waals surface area contributed by atoms with Crippen LogP contribution in [0.15, 0.2) is 29.8 Å². The molecule has 0 aliphatic heterocycles. The van der Waals surface area contributed by atoms with Gasteiger partial charge in [0.2, 0.25) is 0 Å². The fraction of sp³-hybridized carbons (Fsp3) is 0.450. The van der Waals surface area contributed by atoms with Crippen LogP contribution in [0.2, 0.25) is 5.02 Å². The molecule has 0 N–H and O–H groups in total. The van der Waals surface area contributed by atoms with Gasteiger partial charge in [0.25, 0.3) is 5.91 Å². The van der Waals surface area contributed by atoms with Crippen molar-refractivity contribution in [3.63, 3.8) is 0 Å². The largest absolute Gasteiger partial charge is 0.451 e. The number of hydrogen-bond donors (Lipinski definition) is 0. The maximum absolute atomic E-state index is 12.4. The molecule has 0 atom stereocenters. The summed E-state index contributed by atoms with van der Waals surface area (Å²) in [5.41, 5.74) is 0.507. The summed E-state index contributed by atoms with van der Waals surface area (Å²) in [5.74, 6) is -1.01. The topological polar surface area (TPSA) is 70.4 Å². The number of likely N-dealkylation sites (N-methyl/N-ethyl adjacent to an activating group) is 1. The van der Waals surface area contributed by atoms with Gasteiger partial charge in [-0.25, -0.2) is 4.79 Å². The van der Waals surface area contributed by atoms with Crippen LogP contribution >= 0.6 is 11.6 Å². The van der Waals surface area contributed by atoms with Gasteiger partial charge in [0.15, 0.2) is 6.61 Å². The Labute approximate surface area is 159 Å². The Bertz CT molecular complexity index is 701. The first-order chi connectivity index (χ1) is 12.5. The molecule has 0 aromatic heterocycles. The number of nitrogens with zero attached hydrogens (tertiary/aromatic N) is 2. The third kappa shape index (κ3) is 5.60. The summed E-state index contributed by atoms with van der Waals surface area (Å²) < 4.78 is 5.08. The number of esters is 1. The SMILES string of the molecule is CCN(C(=O)COC(=O)/C(C#N)=C\c1ccc(Cl)cc1)C1CCCCC1. The van der Waals surface area contributed by atoms with E-state index in [0.29, 0.717) is 17.1 Å². The molecule has 1 saturated carbocycles. The molecule has 1 fully saturated rings. The van der Waals surface area contributed by atoms with Crippen LogP contribution in [0, 0.1) is 11.3 Å². The van der Waals surface area contributed by atoms with Crippen molar-refractivity contribution in [1.29, 1.82) is 5.26 Å². The number of ether oxygens (including phenoxy) is 1. The maximum atomic E-state index is 12.4. The molecular formula is C20H23ClN2O3. The first-order valence-corrected chi connectivity index (χ1v) is 9.27. The Balaban J connectivity index is 1.95. The third-order valence-electron chi connectivity index (χ3n) is 4.52. The van der Waals surface area contributed by atoms with E-state index in [-0.39, 0.29) is 24.1 Å². The number of rotatable bonds is 6. The average Bonchev–Trinajstić information content (AvgIpc) is 2.67. The molecule has 0 heterocycles. The van der Waals surface area contributed by atoms with E-state index in [0.717, 1.165) is 25.7 Å². The smallest absolute Gasteiger partial charge is 0.349 e. The van der Waals surface area contributed by atoms with Crippen LogP contribution in [0.1, 0.15) is 44.6 Å². The van der Waals surface area contributed by atoms with Crippen LogP contribution in [0.4, 0.5) is 0 Å². The molecule has 1 aromatic carbocycles. The molecule has 1 aliphatic rings. The highest BCUT2D eigenvalue weighted by atomic mass is 35.5. The van der Waals surface area contributed by atoms with Crippen molar-refractivity contribution in [3.05, 3.63) is 40.4 Å². The number of amides is 1. The highest BCUT2D eigenvalue weighted by Crippen LogP contribution is 2.22. The lowest BCUT2D eigenvalue weighted by molar-refractivity contribution is -0.150. The van der Waals surface area contributed by atoms with Crippen LogP contribution in [-0.2, 0) is 14.3 Å². The van der Waals surface area contributed by atoms with E-state index in [9.17, 15) is 14.9 Å². The second-order valence-electron chi connectivity index (χ2n) is 6.27. The van der Waals surface area contributed by atoms with Crippen molar-refractivity contribution < 1.29 is 14.3 Å². The van der Waals surface area contributed by atoms with Gasteiger partial charge in [0.1, 0.15) is 11.6 Å². The molecule has 1 aliphatic carbocycles. The summed E-state index contributed by atoms with van der Waals surface area (Å²) in [6.07, 6.45) is 6.86. The highest BCUT2D eigenvalue weighted by molar-refractivity contribution is 6.30. The Kier molecular flexibility index (Phi) is 7.68. The molecule has 138 valence electrons. The highest BCUT2D eigenvalue weighted by Gasteiger charge is 2.25. The number of nitriles is 1. The van der Waals surface area contributed by atoms with Gasteiger partial charge in [-0.1, -0.05) is 43.0 Å². The molecular weight excluding hydrogens is 352 g/mol. The van der Waals surface area contributed by atoms with Crippen LogP contribution in [0.25, 0.3) is 6.08 Å². The summed E-state index contributed by atoms with van der Waals surface area (Å²) >= 11 is 5.82. The molecule has 5 nitrogen and oxygen atoms in total. The van der Waals surface area contributed by atoms with Gasteiger partial charge in [0.05, 0.1) is 0 Å². The molecule has 26 heavy (non-hydrogen) atoms. The molecule has 0 bridgehead atoms. The minimum atomic E-state index is -0.796. The average molecular weight is 375 g/mol. The first kappa shape index (κ1) is 20.0. The van der Waals surface area contributed by atoms with E-state index < -0.39 is 5.97 Å². The van der Waals surface area contributed by atoms with E-state index in [4.69, 9.17) is 16.3 Å². The van der Waals surface area contributed by atoms with Crippen LogP contribution in [-0.4, -0.2) is 36.0 Å². The normalized spacial score (nSPS) is 15.2. The van der Waals surface area contributed by atoms with E-state index in [1.54, 1.807) is 29.2 Å². The third-order valence-corrected chi connectivity index (χ3v) is 4.78. The van der Waals surface area contributed by atoms with Crippen molar-refractivity contribution in [2.75, 3.05) is 13.2 Å². The minimum Gasteiger partial charge on any atom is -0.451 e. The van der Waals surface area contributed by atoms with Gasteiger partial charge < -0.3 is 9.64 Å². The molecule has 1 amide bonds. The predicted octanol–water partition coefficient (Wildman–Crippen LogP) is 3.97. The van der Waals surface area contributed by atoms with E-state index in [1.807, 2.05) is 13.0 Å². The molecule has 6 heteroatoms. The second-order valence-corrected chi connectivity index (χ2v) is 6.71. The zero-order valence-electron chi connectivity index (χ0n) is 14.9. The van der Waals surface area contributed by atoms with E-state index in [2.05, 4.69) is 0 Å². The maximum Gasteiger partial charge on any atom is 0.349 e. The van der Waals surface area contributed by atoms with Crippen molar-refractivity contribution in [2.45, 2.75) is 45.1 Å². The Morgan fingerprint density at radius 3 is 2.50 bits per heavy atom. The predicted molar refractivity (Wildman–Crippen MR) is 100 cm³/mol. The zero-order chi connectivity index (χ0) is 18.9. The Morgan fingerprint density at radius 2 is 1.92 bits per heavy atom. The van der Waals surface area contributed by atoms with Gasteiger partial charge in [-0.15, -0.1) is 0 Å². The Hall–Kier alpha value is -2.32. The lowest BCUT2D eigenvalue weighted by Crippen LogP contribution is -2.43. The molecule has 2 rings (SSSR count). The van der Waals surface area contributed by atoms with Crippen molar-refractivity contribution >= 4 is 29.6 Å². The lowest BCUT2D eigenvalue weighted by Gasteiger charge is -2.33. The van der Waals surface area contributed by atoms with Crippen molar-refractivity contribution in [3.8, 4) is 6.07 Å². The number of halogens is 1. The second kappa shape index (κ2) is 9.98. The van der Waals surface area contributed by atoms with Crippen LogP contribution < -0.4 is 0 Å². The van der Waals surface area contributed by atoms with E-state index in [1.165, 1.54) is 12.5 Å². The van der Waals surface area contributed by atoms with Gasteiger partial charge in [-0.05, 0) is 43.5 Å². The van der Waals surface area contributed by atoms with Crippen molar-refractivity contribution in [2.24, 2.45) is 0 Å². The van der Waals surface area contributed by atoms with Crippen LogP contribution in [0.3, 0.4) is 0 Å². The lowest BCUT2D eigenvalue weighted by atomic mass is 9.94. The summed E-state index contributed by atoms with van der Waals surface area (Å²) in [6, 6.07) is 8.77. The molecule has 0 spiro atoms. The fourth-order valence-electron chi connectivity index (χ4n) is 3.18. The van der Waals surface area contributed by atoms with Crippen LogP contribution in [0.5, 0.6) is 0 Å². The summed E-state index contributed by atoms with van der Waals surface area (Å²) in [7, 11) is 0. The molecule has 1 aromatic rings. The quantitative estimate of drug-likeness (QED) is 0.429. The summed E-state index contributed by atoms with van der Waals surface area (Å²) in [4.78, 5) is 26.3. The summed E-state index contributed by atoms with van der Waals surface area (Å²) in [6.45, 7) is 2.17. The first-order valence-electron chi connectivity index (χ1n) is 8.89. The number of carbonyl (C=O) groups is 2. The van der Waals surface area contributed by atoms with Gasteiger partial charge >= 0.3 is 5.97 Å². The summed E-state index contributed by atoms with van der Waals surface area (Å²) in [5, 5.41) is 9.76. The van der Waals surface area contributed by atoms with Gasteiger partial charge in [-0.2, -0.15) is 5.26 Å². The molecule has 0 radical (unpaired) electrons. The fourth-order valence-corrected chi connectivity index (χ4v) is 3.31. The molecule has 0 unspecified atom stereocenters.